The van der Waals surface area contributed by atoms with Crippen LogP contribution >= 0.6 is 0 Å². The zero-order chi connectivity index (χ0) is 12.5. The number of hydrogen-bond donors (Lipinski definition) is 4. The van der Waals surface area contributed by atoms with Gasteiger partial charge in [0.2, 0.25) is 0 Å². The molecule has 2 heterocycles. The standard InChI is InChI=1S/C14H24N4/c1-2-14-4-3-13(1)11-17-9-7-15-5-6-16-8-10-18-12-14/h1-4,15-18H,5-12H2. The first-order valence-corrected chi connectivity index (χ1v) is 6.86. The summed E-state index contributed by atoms with van der Waals surface area (Å²) in [7, 11) is 0. The average molecular weight is 248 g/mol. The Hall–Kier alpha value is -0.940. The third-order valence-electron chi connectivity index (χ3n) is 3.12. The molecule has 0 spiro atoms. The van der Waals surface area contributed by atoms with Crippen LogP contribution in [-0.4, -0.2) is 39.3 Å². The molecule has 0 atom stereocenters. The molecule has 0 radical (unpaired) electrons. The molecule has 0 unspecified atom stereocenters. The summed E-state index contributed by atoms with van der Waals surface area (Å²) in [5.41, 5.74) is 2.71. The van der Waals surface area contributed by atoms with Gasteiger partial charge < -0.3 is 21.3 Å². The molecule has 1 aromatic carbocycles. The highest BCUT2D eigenvalue weighted by Crippen LogP contribution is 2.03. The Morgan fingerprint density at radius 3 is 1.22 bits per heavy atom. The highest BCUT2D eigenvalue weighted by atomic mass is 15.0. The zero-order valence-corrected chi connectivity index (χ0v) is 11.0. The predicted octanol–water partition coefficient (Wildman–Crippen LogP) is 0.0586. The Morgan fingerprint density at radius 2 is 0.833 bits per heavy atom. The molecule has 0 aliphatic carbocycles. The van der Waals surface area contributed by atoms with Crippen LogP contribution in [0.15, 0.2) is 24.3 Å². The van der Waals surface area contributed by atoms with Crippen molar-refractivity contribution in [2.75, 3.05) is 39.3 Å². The van der Waals surface area contributed by atoms with Gasteiger partial charge in [-0.3, -0.25) is 0 Å². The minimum atomic E-state index is 0.952. The highest BCUT2D eigenvalue weighted by molar-refractivity contribution is 5.22. The molecule has 2 bridgehead atoms. The monoisotopic (exact) mass is 248 g/mol. The lowest BCUT2D eigenvalue weighted by molar-refractivity contribution is 0.564. The lowest BCUT2D eigenvalue weighted by Crippen LogP contribution is -2.35. The molecule has 0 fully saturated rings. The van der Waals surface area contributed by atoms with Crippen LogP contribution in [0, 0.1) is 0 Å². The largest absolute Gasteiger partial charge is 0.314 e. The van der Waals surface area contributed by atoms with Crippen molar-refractivity contribution in [1.82, 2.24) is 21.3 Å². The van der Waals surface area contributed by atoms with Crippen molar-refractivity contribution >= 4 is 0 Å². The summed E-state index contributed by atoms with van der Waals surface area (Å²) in [6.45, 7) is 8.06. The van der Waals surface area contributed by atoms with E-state index in [0.29, 0.717) is 0 Å². The molecule has 18 heavy (non-hydrogen) atoms. The quantitative estimate of drug-likeness (QED) is 0.490. The summed E-state index contributed by atoms with van der Waals surface area (Å²) in [5.74, 6) is 0. The van der Waals surface area contributed by atoms with E-state index in [2.05, 4.69) is 45.5 Å². The van der Waals surface area contributed by atoms with E-state index < -0.39 is 0 Å². The second kappa shape index (κ2) is 8.21. The fourth-order valence-corrected chi connectivity index (χ4v) is 2.02. The number of hydrogen-bond acceptors (Lipinski definition) is 4. The number of nitrogens with one attached hydrogen (secondary N) is 4. The van der Waals surface area contributed by atoms with Crippen LogP contribution in [0.3, 0.4) is 0 Å². The molecule has 0 saturated carbocycles. The van der Waals surface area contributed by atoms with Gasteiger partial charge in [0.1, 0.15) is 0 Å². The van der Waals surface area contributed by atoms with Gasteiger partial charge in [-0.05, 0) is 11.1 Å². The molecule has 0 aromatic heterocycles. The Morgan fingerprint density at radius 1 is 0.500 bits per heavy atom. The molecule has 0 amide bonds. The van der Waals surface area contributed by atoms with Gasteiger partial charge >= 0.3 is 0 Å². The van der Waals surface area contributed by atoms with Crippen molar-refractivity contribution in [3.05, 3.63) is 35.4 Å². The average Bonchev–Trinajstić information content (AvgIpc) is 2.40. The Labute approximate surface area is 110 Å². The van der Waals surface area contributed by atoms with Crippen LogP contribution in [0.5, 0.6) is 0 Å². The van der Waals surface area contributed by atoms with E-state index in [1.165, 1.54) is 11.1 Å². The van der Waals surface area contributed by atoms with Gasteiger partial charge in [0.15, 0.2) is 0 Å². The van der Waals surface area contributed by atoms with Crippen LogP contribution in [0.4, 0.5) is 0 Å². The van der Waals surface area contributed by atoms with E-state index in [1.54, 1.807) is 0 Å². The van der Waals surface area contributed by atoms with Crippen LogP contribution in [0.1, 0.15) is 11.1 Å². The molecule has 3 rings (SSSR count). The summed E-state index contributed by atoms with van der Waals surface area (Å²) < 4.78 is 0. The van der Waals surface area contributed by atoms with Crippen LogP contribution in [0.25, 0.3) is 0 Å². The first-order valence-electron chi connectivity index (χ1n) is 6.86. The lowest BCUT2D eigenvalue weighted by atomic mass is 10.1. The molecule has 100 valence electrons. The fourth-order valence-electron chi connectivity index (χ4n) is 2.02. The molecular weight excluding hydrogens is 224 g/mol. The summed E-state index contributed by atoms with van der Waals surface area (Å²) in [5, 5.41) is 13.7. The van der Waals surface area contributed by atoms with Crippen molar-refractivity contribution in [3.63, 3.8) is 0 Å². The van der Waals surface area contributed by atoms with Gasteiger partial charge in [-0.1, -0.05) is 24.3 Å². The smallest absolute Gasteiger partial charge is 0.0206 e. The van der Waals surface area contributed by atoms with Crippen molar-refractivity contribution in [2.24, 2.45) is 0 Å². The normalized spacial score (nSPS) is 19.8. The SMILES string of the molecule is c1cc2ccc1CNCCNCCNCCNC2. The van der Waals surface area contributed by atoms with Gasteiger partial charge in [-0.15, -0.1) is 0 Å². The van der Waals surface area contributed by atoms with Crippen LogP contribution < -0.4 is 21.3 Å². The lowest BCUT2D eigenvalue weighted by Gasteiger charge is -2.11. The van der Waals surface area contributed by atoms with E-state index in [9.17, 15) is 0 Å². The van der Waals surface area contributed by atoms with E-state index in [-0.39, 0.29) is 0 Å². The third kappa shape index (κ3) is 5.14. The van der Waals surface area contributed by atoms with Gasteiger partial charge in [-0.2, -0.15) is 0 Å². The van der Waals surface area contributed by atoms with E-state index >= 15 is 0 Å². The molecule has 1 aromatic rings. The van der Waals surface area contributed by atoms with E-state index in [1.807, 2.05) is 0 Å². The fraction of sp³-hybridized carbons (Fsp3) is 0.571. The Bertz CT molecular complexity index is 290. The number of fused-ring (bicyclic) bond motifs is 13. The van der Waals surface area contributed by atoms with E-state index in [4.69, 9.17) is 0 Å². The van der Waals surface area contributed by atoms with Gasteiger partial charge in [0, 0.05) is 52.4 Å². The maximum atomic E-state index is 3.45. The summed E-state index contributed by atoms with van der Waals surface area (Å²) in [4.78, 5) is 0. The Balaban J connectivity index is 1.84. The number of rotatable bonds is 0. The minimum absolute atomic E-state index is 0.952. The maximum Gasteiger partial charge on any atom is 0.0206 e. The molecule has 2 aliphatic rings. The number of benzene rings is 1. The van der Waals surface area contributed by atoms with Gasteiger partial charge in [0.25, 0.3) is 0 Å². The second-order valence-electron chi connectivity index (χ2n) is 4.67. The third-order valence-corrected chi connectivity index (χ3v) is 3.12. The van der Waals surface area contributed by atoms with Crippen molar-refractivity contribution in [1.29, 1.82) is 0 Å². The zero-order valence-electron chi connectivity index (χ0n) is 11.0. The minimum Gasteiger partial charge on any atom is -0.314 e. The van der Waals surface area contributed by atoms with Crippen molar-refractivity contribution < 1.29 is 0 Å². The Kier molecular flexibility index (Phi) is 6.16. The predicted molar refractivity (Wildman–Crippen MR) is 75.6 cm³/mol. The topological polar surface area (TPSA) is 48.1 Å². The van der Waals surface area contributed by atoms with Gasteiger partial charge in [0.05, 0.1) is 0 Å². The second-order valence-corrected chi connectivity index (χ2v) is 4.67. The van der Waals surface area contributed by atoms with Crippen molar-refractivity contribution in [2.45, 2.75) is 13.1 Å². The molecule has 2 aliphatic heterocycles. The van der Waals surface area contributed by atoms with E-state index in [0.717, 1.165) is 52.4 Å². The molecular formula is C14H24N4. The van der Waals surface area contributed by atoms with Crippen molar-refractivity contribution in [3.8, 4) is 0 Å². The molecule has 4 heteroatoms. The molecule has 4 nitrogen and oxygen atoms in total. The highest BCUT2D eigenvalue weighted by Gasteiger charge is 1.96. The molecule has 0 saturated heterocycles. The molecule has 4 N–H and O–H groups in total. The first-order chi connectivity index (χ1) is 8.95. The summed E-state index contributed by atoms with van der Waals surface area (Å²) in [6, 6.07) is 8.84. The summed E-state index contributed by atoms with van der Waals surface area (Å²) >= 11 is 0. The first kappa shape index (κ1) is 13.5. The van der Waals surface area contributed by atoms with Crippen LogP contribution in [0.2, 0.25) is 0 Å². The van der Waals surface area contributed by atoms with Crippen LogP contribution in [-0.2, 0) is 13.1 Å². The summed E-state index contributed by atoms with van der Waals surface area (Å²) in [6.07, 6.45) is 0. The maximum absolute atomic E-state index is 3.45. The van der Waals surface area contributed by atoms with Gasteiger partial charge in [-0.25, -0.2) is 0 Å².